The molecule has 0 amide bonds. The lowest BCUT2D eigenvalue weighted by molar-refractivity contribution is -0.0217. The summed E-state index contributed by atoms with van der Waals surface area (Å²) < 4.78 is 29.0. The lowest BCUT2D eigenvalue weighted by Gasteiger charge is -2.33. The summed E-state index contributed by atoms with van der Waals surface area (Å²) in [6.45, 7) is 5.78. The van der Waals surface area contributed by atoms with E-state index in [0.29, 0.717) is 42.2 Å². The molecule has 2 heterocycles. The lowest BCUT2D eigenvalue weighted by atomic mass is 9.95. The van der Waals surface area contributed by atoms with Gasteiger partial charge in [-0.15, -0.1) is 24.0 Å². The average molecular weight is 485 g/mol. The van der Waals surface area contributed by atoms with Gasteiger partial charge >= 0.3 is 0 Å². The molecular formula is C17H32IN3O3S. The van der Waals surface area contributed by atoms with Crippen LogP contribution in [0.5, 0.6) is 0 Å². The van der Waals surface area contributed by atoms with Crippen LogP contribution in [0.15, 0.2) is 4.99 Å². The van der Waals surface area contributed by atoms with Crippen molar-refractivity contribution in [2.45, 2.75) is 64.1 Å². The second kappa shape index (κ2) is 9.21. The third-order valence-corrected chi connectivity index (χ3v) is 6.99. The Balaban J connectivity index is 0.00000225. The highest BCUT2D eigenvalue weighted by Gasteiger charge is 2.30. The zero-order chi connectivity index (χ0) is 17.2. The minimum absolute atomic E-state index is 0. The lowest BCUT2D eigenvalue weighted by Crippen LogP contribution is -2.48. The molecule has 2 saturated heterocycles. The molecular weight excluding hydrogens is 453 g/mol. The molecule has 1 aliphatic carbocycles. The van der Waals surface area contributed by atoms with Crippen LogP contribution in [0.3, 0.4) is 0 Å². The Morgan fingerprint density at radius 2 is 1.88 bits per heavy atom. The van der Waals surface area contributed by atoms with Gasteiger partial charge in [-0.2, -0.15) is 0 Å². The summed E-state index contributed by atoms with van der Waals surface area (Å²) in [4.78, 5) is 4.70. The topological polar surface area (TPSA) is 79.8 Å². The fraction of sp³-hybridized carbons (Fsp3) is 0.941. The first-order valence-electron chi connectivity index (χ1n) is 9.31. The van der Waals surface area contributed by atoms with E-state index in [4.69, 9.17) is 9.73 Å². The van der Waals surface area contributed by atoms with Crippen LogP contribution in [-0.4, -0.2) is 57.2 Å². The largest absolute Gasteiger partial charge is 0.378 e. The van der Waals surface area contributed by atoms with Crippen molar-refractivity contribution in [3.63, 3.8) is 0 Å². The van der Waals surface area contributed by atoms with Crippen molar-refractivity contribution in [1.29, 1.82) is 0 Å². The Hall–Kier alpha value is -0.0900. The van der Waals surface area contributed by atoms with E-state index in [1.165, 1.54) is 12.8 Å². The second-order valence-corrected chi connectivity index (χ2v) is 10.1. The molecule has 6 nitrogen and oxygen atoms in total. The Kier molecular flexibility index (Phi) is 7.82. The zero-order valence-corrected chi connectivity index (χ0v) is 18.4. The van der Waals surface area contributed by atoms with E-state index in [1.54, 1.807) is 0 Å². The molecule has 0 spiro atoms. The fourth-order valence-corrected chi connectivity index (χ4v) is 5.26. The number of rotatable bonds is 5. The Morgan fingerprint density at radius 3 is 2.48 bits per heavy atom. The Labute approximate surface area is 168 Å². The number of halogens is 1. The first-order valence-corrected chi connectivity index (χ1v) is 11.1. The van der Waals surface area contributed by atoms with Gasteiger partial charge in [-0.1, -0.05) is 13.8 Å². The van der Waals surface area contributed by atoms with Crippen molar-refractivity contribution in [1.82, 2.24) is 10.6 Å². The number of nitrogens with one attached hydrogen (secondary N) is 2. The van der Waals surface area contributed by atoms with Gasteiger partial charge in [0.05, 0.1) is 17.6 Å². The van der Waals surface area contributed by atoms with Crippen LogP contribution in [0, 0.1) is 11.8 Å². The van der Waals surface area contributed by atoms with Crippen molar-refractivity contribution in [3.05, 3.63) is 0 Å². The Bertz CT molecular complexity index is 563. The van der Waals surface area contributed by atoms with E-state index < -0.39 is 9.84 Å². The minimum atomic E-state index is -2.82. The van der Waals surface area contributed by atoms with Crippen LogP contribution >= 0.6 is 24.0 Å². The maximum atomic E-state index is 11.6. The summed E-state index contributed by atoms with van der Waals surface area (Å²) in [5, 5.41) is 7.04. The SMILES string of the molecule is CC(C)C1CC(NC(=NCC2CCS(=O)(=O)C2)NC2CC2)CCO1.I. The van der Waals surface area contributed by atoms with Gasteiger partial charge in [0.15, 0.2) is 15.8 Å². The van der Waals surface area contributed by atoms with E-state index in [9.17, 15) is 8.42 Å². The maximum Gasteiger partial charge on any atom is 0.191 e. The third kappa shape index (κ3) is 6.86. The van der Waals surface area contributed by atoms with Gasteiger partial charge in [-0.05, 0) is 43.9 Å². The zero-order valence-electron chi connectivity index (χ0n) is 15.2. The highest BCUT2D eigenvalue weighted by molar-refractivity contribution is 14.0. The molecule has 2 N–H and O–H groups in total. The average Bonchev–Trinajstić information content (AvgIpc) is 3.27. The molecule has 0 radical (unpaired) electrons. The minimum Gasteiger partial charge on any atom is -0.378 e. The first kappa shape index (κ1) is 21.2. The number of hydrogen-bond donors (Lipinski definition) is 2. The number of nitrogens with zero attached hydrogens (tertiary/aromatic N) is 1. The van der Waals surface area contributed by atoms with E-state index in [0.717, 1.165) is 31.8 Å². The van der Waals surface area contributed by atoms with Crippen LogP contribution in [0.2, 0.25) is 0 Å². The Morgan fingerprint density at radius 1 is 1.16 bits per heavy atom. The normalized spacial score (nSPS) is 32.3. The number of aliphatic imine (C=N–C) groups is 1. The predicted molar refractivity (Wildman–Crippen MR) is 111 cm³/mol. The van der Waals surface area contributed by atoms with Crippen molar-refractivity contribution in [3.8, 4) is 0 Å². The van der Waals surface area contributed by atoms with Crippen LogP contribution in [0.1, 0.15) is 46.0 Å². The molecule has 1 saturated carbocycles. The van der Waals surface area contributed by atoms with Gasteiger partial charge in [0, 0.05) is 25.2 Å². The summed E-state index contributed by atoms with van der Waals surface area (Å²) >= 11 is 0. The molecule has 25 heavy (non-hydrogen) atoms. The number of ether oxygens (including phenoxy) is 1. The van der Waals surface area contributed by atoms with E-state index in [1.807, 2.05) is 0 Å². The molecule has 3 atom stereocenters. The monoisotopic (exact) mass is 485 g/mol. The van der Waals surface area contributed by atoms with Gasteiger partial charge in [-0.25, -0.2) is 8.42 Å². The van der Waals surface area contributed by atoms with Crippen molar-refractivity contribution >= 4 is 39.8 Å². The number of hydrogen-bond acceptors (Lipinski definition) is 4. The van der Waals surface area contributed by atoms with Crippen molar-refractivity contribution < 1.29 is 13.2 Å². The molecule has 8 heteroatoms. The van der Waals surface area contributed by atoms with Crippen LogP contribution < -0.4 is 10.6 Å². The van der Waals surface area contributed by atoms with Gasteiger partial charge < -0.3 is 15.4 Å². The third-order valence-electron chi connectivity index (χ3n) is 5.15. The summed E-state index contributed by atoms with van der Waals surface area (Å²) in [5.74, 6) is 2.17. The predicted octanol–water partition coefficient (Wildman–Crippen LogP) is 1.94. The molecule has 0 aromatic carbocycles. The van der Waals surface area contributed by atoms with Gasteiger partial charge in [-0.3, -0.25) is 4.99 Å². The molecule has 0 bridgehead atoms. The fourth-order valence-electron chi connectivity index (χ4n) is 3.41. The van der Waals surface area contributed by atoms with Gasteiger partial charge in [0.1, 0.15) is 0 Å². The molecule has 3 fully saturated rings. The summed E-state index contributed by atoms with van der Waals surface area (Å²) in [7, 11) is -2.82. The smallest absolute Gasteiger partial charge is 0.191 e. The molecule has 0 aromatic rings. The quantitative estimate of drug-likeness (QED) is 0.354. The molecule has 3 aliphatic rings. The van der Waals surface area contributed by atoms with Gasteiger partial charge in [0.2, 0.25) is 0 Å². The van der Waals surface area contributed by atoms with Crippen LogP contribution in [0.4, 0.5) is 0 Å². The summed E-state index contributed by atoms with van der Waals surface area (Å²) in [6, 6.07) is 0.910. The van der Waals surface area contributed by atoms with Crippen molar-refractivity contribution in [2.24, 2.45) is 16.8 Å². The van der Waals surface area contributed by atoms with Crippen LogP contribution in [0.25, 0.3) is 0 Å². The highest BCUT2D eigenvalue weighted by atomic mass is 127. The maximum absolute atomic E-state index is 11.6. The molecule has 0 aromatic heterocycles. The standard InChI is InChI=1S/C17H31N3O3S.HI/c1-12(2)16-9-15(5-7-23-16)20-17(19-14-3-4-14)18-10-13-6-8-24(21,22)11-13;/h12-16H,3-11H2,1-2H3,(H2,18,19,20);1H. The van der Waals surface area contributed by atoms with Crippen LogP contribution in [-0.2, 0) is 14.6 Å². The van der Waals surface area contributed by atoms with Crippen molar-refractivity contribution in [2.75, 3.05) is 24.7 Å². The summed E-state index contributed by atoms with van der Waals surface area (Å²) in [5.41, 5.74) is 0. The molecule has 3 unspecified atom stereocenters. The first-order chi connectivity index (χ1) is 11.4. The van der Waals surface area contributed by atoms with E-state index >= 15 is 0 Å². The molecule has 146 valence electrons. The molecule has 3 rings (SSSR count). The number of sulfone groups is 1. The molecule has 2 aliphatic heterocycles. The van der Waals surface area contributed by atoms with E-state index in [2.05, 4.69) is 24.5 Å². The van der Waals surface area contributed by atoms with E-state index in [-0.39, 0.29) is 29.9 Å². The second-order valence-electron chi connectivity index (χ2n) is 7.90. The number of guanidine groups is 1. The van der Waals surface area contributed by atoms with Gasteiger partial charge in [0.25, 0.3) is 0 Å². The highest BCUT2D eigenvalue weighted by Crippen LogP contribution is 2.22. The summed E-state index contributed by atoms with van der Waals surface area (Å²) in [6.07, 6.45) is 5.43.